The third-order valence-corrected chi connectivity index (χ3v) is 5.09. The second-order valence-corrected chi connectivity index (χ2v) is 5.36. The maximum Gasteiger partial charge on any atom is 0.254 e. The van der Waals surface area contributed by atoms with Crippen molar-refractivity contribution in [2.24, 2.45) is 0 Å². The van der Waals surface area contributed by atoms with Crippen LogP contribution in [0.4, 0.5) is 13.2 Å². The van der Waals surface area contributed by atoms with E-state index in [0.717, 1.165) is 0 Å². The van der Waals surface area contributed by atoms with E-state index in [9.17, 15) is 18.0 Å². The summed E-state index contributed by atoms with van der Waals surface area (Å²) in [5, 5.41) is 12.4. The van der Waals surface area contributed by atoms with Crippen LogP contribution in [0.15, 0.2) is 6.07 Å². The lowest BCUT2D eigenvalue weighted by Gasteiger charge is -2.30. The average molecular weight is 419 g/mol. The lowest BCUT2D eigenvalue weighted by atomic mass is 10.0. The smallest absolute Gasteiger partial charge is 0.254 e. The predicted octanol–water partition coefficient (Wildman–Crippen LogP) is 3.48. The zero-order chi connectivity index (χ0) is 15.5. The molecule has 0 spiro atoms. The summed E-state index contributed by atoms with van der Waals surface area (Å²) in [5.74, 6) is -7.14. The van der Waals surface area contributed by atoms with E-state index in [0.29, 0.717) is 23.1 Å². The van der Waals surface area contributed by atoms with E-state index in [1.807, 2.05) is 6.92 Å². The SMILES string of the molecule is CCC(CBr)(CBr)NC(=O)c1cc(F)c(F)c(O)c1F. The van der Waals surface area contributed by atoms with Crippen molar-refractivity contribution in [1.29, 1.82) is 0 Å². The molecule has 8 heteroatoms. The van der Waals surface area contributed by atoms with Crippen molar-refractivity contribution >= 4 is 37.8 Å². The fraction of sp³-hybridized carbons (Fsp3) is 0.417. The number of benzene rings is 1. The van der Waals surface area contributed by atoms with E-state index in [1.54, 1.807) is 0 Å². The van der Waals surface area contributed by atoms with Crippen molar-refractivity contribution < 1.29 is 23.1 Å². The Balaban J connectivity index is 3.17. The highest BCUT2D eigenvalue weighted by atomic mass is 79.9. The average Bonchev–Trinajstić information content (AvgIpc) is 2.46. The molecule has 1 amide bonds. The van der Waals surface area contributed by atoms with E-state index < -0.39 is 40.2 Å². The van der Waals surface area contributed by atoms with Gasteiger partial charge in [0.2, 0.25) is 5.82 Å². The molecule has 20 heavy (non-hydrogen) atoms. The number of carbonyl (C=O) groups excluding carboxylic acids is 1. The molecular formula is C12H12Br2F3NO2. The van der Waals surface area contributed by atoms with Gasteiger partial charge in [-0.2, -0.15) is 4.39 Å². The van der Waals surface area contributed by atoms with Crippen LogP contribution in [-0.4, -0.2) is 27.2 Å². The minimum Gasteiger partial charge on any atom is -0.503 e. The Kier molecular flexibility index (Phi) is 5.88. The van der Waals surface area contributed by atoms with Gasteiger partial charge in [-0.1, -0.05) is 38.8 Å². The summed E-state index contributed by atoms with van der Waals surface area (Å²) < 4.78 is 39.8. The maximum absolute atomic E-state index is 13.6. The quantitative estimate of drug-likeness (QED) is 0.568. The van der Waals surface area contributed by atoms with Gasteiger partial charge in [-0.05, 0) is 12.5 Å². The van der Waals surface area contributed by atoms with Gasteiger partial charge in [0.05, 0.1) is 11.1 Å². The second kappa shape index (κ2) is 6.80. The molecule has 1 aromatic carbocycles. The molecule has 0 aliphatic rings. The lowest BCUT2D eigenvalue weighted by Crippen LogP contribution is -2.51. The minimum atomic E-state index is -1.72. The highest BCUT2D eigenvalue weighted by Gasteiger charge is 2.30. The third-order valence-electron chi connectivity index (χ3n) is 2.94. The molecule has 0 aromatic heterocycles. The van der Waals surface area contributed by atoms with Gasteiger partial charge in [-0.3, -0.25) is 4.79 Å². The molecular weight excluding hydrogens is 407 g/mol. The Labute approximate surface area is 130 Å². The number of aromatic hydroxyl groups is 1. The molecule has 0 saturated heterocycles. The number of rotatable bonds is 5. The molecule has 0 radical (unpaired) electrons. The normalized spacial score (nSPS) is 11.5. The van der Waals surface area contributed by atoms with Crippen LogP contribution >= 0.6 is 31.9 Å². The van der Waals surface area contributed by atoms with Gasteiger partial charge >= 0.3 is 0 Å². The van der Waals surface area contributed by atoms with Crippen LogP contribution in [0.25, 0.3) is 0 Å². The topological polar surface area (TPSA) is 49.3 Å². The fourth-order valence-corrected chi connectivity index (χ4v) is 3.45. The van der Waals surface area contributed by atoms with Crippen LogP contribution < -0.4 is 5.32 Å². The third kappa shape index (κ3) is 3.28. The highest BCUT2D eigenvalue weighted by Crippen LogP contribution is 2.26. The van der Waals surface area contributed by atoms with Crippen molar-refractivity contribution in [3.63, 3.8) is 0 Å². The first kappa shape index (κ1) is 17.3. The molecule has 0 aliphatic carbocycles. The zero-order valence-corrected chi connectivity index (χ0v) is 13.6. The molecule has 0 fully saturated rings. The molecule has 1 aromatic rings. The second-order valence-electron chi connectivity index (χ2n) is 4.24. The molecule has 0 aliphatic heterocycles. The Hall–Kier alpha value is -0.760. The highest BCUT2D eigenvalue weighted by molar-refractivity contribution is 9.09. The number of phenols is 1. The molecule has 112 valence electrons. The summed E-state index contributed by atoms with van der Waals surface area (Å²) in [6.07, 6.45) is 0.520. The first-order valence-electron chi connectivity index (χ1n) is 5.62. The molecule has 3 nitrogen and oxygen atoms in total. The van der Waals surface area contributed by atoms with Crippen LogP contribution in [0.2, 0.25) is 0 Å². The number of hydrogen-bond acceptors (Lipinski definition) is 2. The van der Waals surface area contributed by atoms with Crippen LogP contribution in [0.5, 0.6) is 5.75 Å². The van der Waals surface area contributed by atoms with Gasteiger partial charge in [-0.15, -0.1) is 0 Å². The largest absolute Gasteiger partial charge is 0.503 e. The van der Waals surface area contributed by atoms with Crippen molar-refractivity contribution in [2.45, 2.75) is 18.9 Å². The van der Waals surface area contributed by atoms with E-state index >= 15 is 0 Å². The minimum absolute atomic E-state index is 0.380. The first-order chi connectivity index (χ1) is 9.31. The first-order valence-corrected chi connectivity index (χ1v) is 7.87. The molecule has 2 N–H and O–H groups in total. The monoisotopic (exact) mass is 417 g/mol. The van der Waals surface area contributed by atoms with Crippen molar-refractivity contribution in [3.05, 3.63) is 29.1 Å². The van der Waals surface area contributed by atoms with Crippen LogP contribution in [0.1, 0.15) is 23.7 Å². The lowest BCUT2D eigenvalue weighted by molar-refractivity contribution is 0.0909. The number of amides is 1. The summed E-state index contributed by atoms with van der Waals surface area (Å²) in [5.41, 5.74) is -1.45. The van der Waals surface area contributed by atoms with Gasteiger partial charge in [0.25, 0.3) is 5.91 Å². The van der Waals surface area contributed by atoms with Gasteiger partial charge in [0, 0.05) is 10.7 Å². The number of halogens is 5. The number of carbonyl (C=O) groups is 1. The van der Waals surface area contributed by atoms with Gasteiger partial charge in [-0.25, -0.2) is 8.78 Å². The number of hydrogen-bond donors (Lipinski definition) is 2. The Morgan fingerprint density at radius 2 is 1.85 bits per heavy atom. The van der Waals surface area contributed by atoms with Crippen LogP contribution in [0.3, 0.4) is 0 Å². The summed E-state index contributed by atoms with van der Waals surface area (Å²) in [6.45, 7) is 1.81. The molecule has 0 atom stereocenters. The van der Waals surface area contributed by atoms with Gasteiger partial charge in [0.15, 0.2) is 17.4 Å². The molecule has 1 rings (SSSR count). The molecule has 0 bridgehead atoms. The standard InChI is InChI=1S/C12H12Br2F3NO2/c1-2-12(4-13,5-14)18-11(20)6-3-7(15)9(17)10(19)8(6)16/h3,19H,2,4-5H2,1H3,(H,18,20). The van der Waals surface area contributed by atoms with Crippen molar-refractivity contribution in [3.8, 4) is 5.75 Å². The summed E-state index contributed by atoms with van der Waals surface area (Å²) >= 11 is 6.46. The Bertz CT molecular complexity index is 514. The van der Waals surface area contributed by atoms with E-state index in [2.05, 4.69) is 37.2 Å². The fourth-order valence-electron chi connectivity index (χ4n) is 1.44. The number of phenolic OH excluding ortho intramolecular Hbond substituents is 1. The van der Waals surface area contributed by atoms with Gasteiger partial charge < -0.3 is 10.4 Å². The van der Waals surface area contributed by atoms with Crippen molar-refractivity contribution in [1.82, 2.24) is 5.32 Å². The van der Waals surface area contributed by atoms with Crippen LogP contribution in [0, 0.1) is 17.5 Å². The predicted molar refractivity (Wildman–Crippen MR) is 76.1 cm³/mol. The Morgan fingerprint density at radius 3 is 2.30 bits per heavy atom. The molecule has 0 saturated carbocycles. The maximum atomic E-state index is 13.6. The summed E-state index contributed by atoms with van der Waals surface area (Å²) in [6, 6.07) is 0.419. The number of alkyl halides is 2. The van der Waals surface area contributed by atoms with E-state index in [-0.39, 0.29) is 0 Å². The zero-order valence-electron chi connectivity index (χ0n) is 10.4. The Morgan fingerprint density at radius 1 is 1.30 bits per heavy atom. The number of nitrogens with one attached hydrogen (secondary N) is 1. The summed E-state index contributed by atoms with van der Waals surface area (Å²) in [4.78, 5) is 12.0. The molecule has 0 heterocycles. The van der Waals surface area contributed by atoms with E-state index in [4.69, 9.17) is 5.11 Å². The van der Waals surface area contributed by atoms with Gasteiger partial charge in [0.1, 0.15) is 0 Å². The van der Waals surface area contributed by atoms with Crippen LogP contribution in [-0.2, 0) is 0 Å². The summed E-state index contributed by atoms with van der Waals surface area (Å²) in [7, 11) is 0. The van der Waals surface area contributed by atoms with Crippen molar-refractivity contribution in [2.75, 3.05) is 10.7 Å². The van der Waals surface area contributed by atoms with E-state index in [1.165, 1.54) is 0 Å². The molecule has 0 unspecified atom stereocenters.